The monoisotopic (exact) mass is 411 g/mol. The summed E-state index contributed by atoms with van der Waals surface area (Å²) in [5, 5.41) is 5.33. The van der Waals surface area contributed by atoms with Gasteiger partial charge < -0.3 is 24.8 Å². The number of rotatable bonds is 7. The molecule has 0 radical (unpaired) electrons. The van der Waals surface area contributed by atoms with E-state index in [9.17, 15) is 14.4 Å². The quantitative estimate of drug-likeness (QED) is 0.670. The summed E-state index contributed by atoms with van der Waals surface area (Å²) in [5.41, 5.74) is 1.63. The standard InChI is InChI=1S/C21H21N3O6/c1-28-15-5-2-13(3-6-15)11-24-20(26)16(23-21(24)27)9-19(25)22-10-14-4-7-17-18(8-14)30-12-29-17/h2-8,16H,9-12H2,1H3,(H,22,25)(H,23,27)/t16-/m0/s1. The third-order valence-electron chi connectivity index (χ3n) is 4.92. The van der Waals surface area contributed by atoms with E-state index in [0.717, 1.165) is 16.0 Å². The second kappa shape index (κ2) is 8.32. The van der Waals surface area contributed by atoms with Crippen molar-refractivity contribution >= 4 is 17.8 Å². The summed E-state index contributed by atoms with van der Waals surface area (Å²) in [6, 6.07) is 11.1. The van der Waals surface area contributed by atoms with Gasteiger partial charge in [0, 0.05) is 6.54 Å². The minimum Gasteiger partial charge on any atom is -0.497 e. The fourth-order valence-electron chi connectivity index (χ4n) is 3.29. The summed E-state index contributed by atoms with van der Waals surface area (Å²) >= 11 is 0. The molecular formula is C21H21N3O6. The maximum Gasteiger partial charge on any atom is 0.325 e. The Labute approximate surface area is 172 Å². The molecule has 4 rings (SSSR count). The number of fused-ring (bicyclic) bond motifs is 1. The Kier molecular flexibility index (Phi) is 5.42. The van der Waals surface area contributed by atoms with Gasteiger partial charge in [0.1, 0.15) is 11.8 Å². The van der Waals surface area contributed by atoms with Crippen LogP contribution in [0.4, 0.5) is 4.79 Å². The van der Waals surface area contributed by atoms with Crippen LogP contribution in [0.2, 0.25) is 0 Å². The van der Waals surface area contributed by atoms with Gasteiger partial charge in [-0.2, -0.15) is 0 Å². The van der Waals surface area contributed by atoms with Crippen LogP contribution in [0.3, 0.4) is 0 Å². The van der Waals surface area contributed by atoms with E-state index in [2.05, 4.69) is 10.6 Å². The van der Waals surface area contributed by atoms with Crippen LogP contribution in [0.5, 0.6) is 17.2 Å². The van der Waals surface area contributed by atoms with Crippen molar-refractivity contribution in [2.75, 3.05) is 13.9 Å². The molecule has 4 amide bonds. The van der Waals surface area contributed by atoms with Crippen molar-refractivity contribution in [2.24, 2.45) is 0 Å². The number of hydrogen-bond acceptors (Lipinski definition) is 6. The zero-order valence-corrected chi connectivity index (χ0v) is 16.3. The number of amides is 4. The highest BCUT2D eigenvalue weighted by atomic mass is 16.7. The minimum atomic E-state index is -0.882. The predicted octanol–water partition coefficient (Wildman–Crippen LogP) is 1.55. The molecule has 2 aliphatic heterocycles. The SMILES string of the molecule is COc1ccc(CN2C(=O)N[C@@H](CC(=O)NCc3ccc4c(c3)OCO4)C2=O)cc1. The van der Waals surface area contributed by atoms with Crippen LogP contribution in [-0.4, -0.2) is 42.7 Å². The number of nitrogens with one attached hydrogen (secondary N) is 2. The molecular weight excluding hydrogens is 390 g/mol. The van der Waals surface area contributed by atoms with Crippen molar-refractivity contribution in [2.45, 2.75) is 25.6 Å². The molecule has 2 aliphatic rings. The number of hydrogen-bond donors (Lipinski definition) is 2. The molecule has 1 fully saturated rings. The first-order valence-corrected chi connectivity index (χ1v) is 9.43. The van der Waals surface area contributed by atoms with Gasteiger partial charge in [-0.1, -0.05) is 18.2 Å². The molecule has 0 aliphatic carbocycles. The molecule has 156 valence electrons. The lowest BCUT2D eigenvalue weighted by Crippen LogP contribution is -2.36. The summed E-state index contributed by atoms with van der Waals surface area (Å²) in [6.45, 7) is 0.589. The first kappa shape index (κ1) is 19.6. The number of methoxy groups -OCH3 is 1. The molecule has 2 heterocycles. The lowest BCUT2D eigenvalue weighted by atomic mass is 10.1. The smallest absolute Gasteiger partial charge is 0.325 e. The summed E-state index contributed by atoms with van der Waals surface area (Å²) in [7, 11) is 1.56. The Bertz CT molecular complexity index is 975. The second-order valence-corrected chi connectivity index (χ2v) is 6.94. The molecule has 0 unspecified atom stereocenters. The van der Waals surface area contributed by atoms with Crippen LogP contribution in [0.1, 0.15) is 17.5 Å². The van der Waals surface area contributed by atoms with Gasteiger partial charge in [-0.15, -0.1) is 0 Å². The van der Waals surface area contributed by atoms with E-state index in [1.807, 2.05) is 6.07 Å². The summed E-state index contributed by atoms with van der Waals surface area (Å²) < 4.78 is 15.7. The van der Waals surface area contributed by atoms with E-state index in [0.29, 0.717) is 17.2 Å². The predicted molar refractivity (Wildman–Crippen MR) is 105 cm³/mol. The second-order valence-electron chi connectivity index (χ2n) is 6.94. The molecule has 0 bridgehead atoms. The van der Waals surface area contributed by atoms with Gasteiger partial charge in [0.05, 0.1) is 20.1 Å². The average molecular weight is 411 g/mol. The molecule has 1 saturated heterocycles. The van der Waals surface area contributed by atoms with Crippen LogP contribution in [-0.2, 0) is 22.7 Å². The Balaban J connectivity index is 1.30. The number of nitrogens with zero attached hydrogens (tertiary/aromatic N) is 1. The maximum absolute atomic E-state index is 12.6. The van der Waals surface area contributed by atoms with Crippen molar-refractivity contribution < 1.29 is 28.6 Å². The van der Waals surface area contributed by atoms with E-state index in [4.69, 9.17) is 14.2 Å². The summed E-state index contributed by atoms with van der Waals surface area (Å²) in [4.78, 5) is 38.2. The van der Waals surface area contributed by atoms with Crippen molar-refractivity contribution in [3.8, 4) is 17.2 Å². The molecule has 9 heteroatoms. The van der Waals surface area contributed by atoms with Crippen LogP contribution in [0.15, 0.2) is 42.5 Å². The molecule has 0 saturated carbocycles. The fraction of sp³-hybridized carbons (Fsp3) is 0.286. The molecule has 0 aromatic heterocycles. The first-order valence-electron chi connectivity index (χ1n) is 9.43. The molecule has 9 nitrogen and oxygen atoms in total. The van der Waals surface area contributed by atoms with Gasteiger partial charge in [-0.3, -0.25) is 14.5 Å². The van der Waals surface area contributed by atoms with Gasteiger partial charge in [0.15, 0.2) is 11.5 Å². The lowest BCUT2D eigenvalue weighted by Gasteiger charge is -2.13. The van der Waals surface area contributed by atoms with E-state index >= 15 is 0 Å². The molecule has 2 N–H and O–H groups in total. The number of benzene rings is 2. The maximum atomic E-state index is 12.6. The minimum absolute atomic E-state index is 0.129. The van der Waals surface area contributed by atoms with Crippen molar-refractivity contribution in [1.82, 2.24) is 15.5 Å². The highest BCUT2D eigenvalue weighted by molar-refractivity contribution is 6.05. The third-order valence-corrected chi connectivity index (χ3v) is 4.92. The Morgan fingerprint density at radius 3 is 2.63 bits per heavy atom. The molecule has 0 spiro atoms. The van der Waals surface area contributed by atoms with Gasteiger partial charge >= 0.3 is 6.03 Å². The van der Waals surface area contributed by atoms with E-state index in [-0.39, 0.29) is 32.2 Å². The molecule has 30 heavy (non-hydrogen) atoms. The van der Waals surface area contributed by atoms with Gasteiger partial charge in [0.25, 0.3) is 5.91 Å². The Morgan fingerprint density at radius 2 is 1.87 bits per heavy atom. The van der Waals surface area contributed by atoms with E-state index in [1.165, 1.54) is 0 Å². The van der Waals surface area contributed by atoms with Crippen molar-refractivity contribution in [3.05, 3.63) is 53.6 Å². The van der Waals surface area contributed by atoms with Gasteiger partial charge in [-0.05, 0) is 35.4 Å². The van der Waals surface area contributed by atoms with Crippen LogP contribution in [0, 0.1) is 0 Å². The number of carbonyl (C=O) groups excluding carboxylic acids is 3. The molecule has 2 aromatic rings. The summed E-state index contributed by atoms with van der Waals surface area (Å²) in [6.07, 6.45) is -0.131. The molecule has 1 atom stereocenters. The largest absolute Gasteiger partial charge is 0.497 e. The number of urea groups is 1. The Hall–Kier alpha value is -3.75. The topological polar surface area (TPSA) is 106 Å². The lowest BCUT2D eigenvalue weighted by molar-refractivity contribution is -0.131. The summed E-state index contributed by atoms with van der Waals surface area (Å²) in [5.74, 6) is 1.23. The van der Waals surface area contributed by atoms with Crippen LogP contribution >= 0.6 is 0 Å². The first-order chi connectivity index (χ1) is 14.5. The zero-order chi connectivity index (χ0) is 21.1. The third kappa shape index (κ3) is 4.14. The number of imide groups is 1. The molecule has 2 aromatic carbocycles. The highest BCUT2D eigenvalue weighted by Crippen LogP contribution is 2.32. The van der Waals surface area contributed by atoms with E-state index in [1.54, 1.807) is 43.5 Å². The number of ether oxygens (including phenoxy) is 3. The van der Waals surface area contributed by atoms with E-state index < -0.39 is 18.0 Å². The van der Waals surface area contributed by atoms with Crippen molar-refractivity contribution in [1.29, 1.82) is 0 Å². The fourth-order valence-corrected chi connectivity index (χ4v) is 3.29. The number of carbonyl (C=O) groups is 3. The van der Waals surface area contributed by atoms with Gasteiger partial charge in [0.2, 0.25) is 12.7 Å². The normalized spacial score (nSPS) is 17.1. The highest BCUT2D eigenvalue weighted by Gasteiger charge is 2.38. The van der Waals surface area contributed by atoms with Crippen molar-refractivity contribution in [3.63, 3.8) is 0 Å². The Morgan fingerprint density at radius 1 is 1.13 bits per heavy atom. The zero-order valence-electron chi connectivity index (χ0n) is 16.3. The van der Waals surface area contributed by atoms with Crippen LogP contribution < -0.4 is 24.8 Å². The van der Waals surface area contributed by atoms with Gasteiger partial charge in [-0.25, -0.2) is 4.79 Å². The average Bonchev–Trinajstić information content (AvgIpc) is 3.32. The van der Waals surface area contributed by atoms with Crippen LogP contribution in [0.25, 0.3) is 0 Å².